The smallest absolute Gasteiger partial charge is 0.192 e. The van der Waals surface area contributed by atoms with Gasteiger partial charge in [-0.25, -0.2) is 0 Å². The number of nitrogens with zero attached hydrogens (tertiary/aromatic N) is 1. The zero-order valence-corrected chi connectivity index (χ0v) is 20.0. The summed E-state index contributed by atoms with van der Waals surface area (Å²) in [5.74, 6) is 2.99. The third-order valence-corrected chi connectivity index (χ3v) is 7.22. The number of carbonyl (C=O) groups excluding carboxylic acids is 1. The zero-order chi connectivity index (χ0) is 21.1. The molecule has 0 bridgehead atoms. The van der Waals surface area contributed by atoms with Gasteiger partial charge in [-0.15, -0.1) is 0 Å². The predicted molar refractivity (Wildman–Crippen MR) is 130 cm³/mol. The van der Waals surface area contributed by atoms with E-state index >= 15 is 0 Å². The number of ether oxygens (including phenoxy) is 1. The summed E-state index contributed by atoms with van der Waals surface area (Å²) in [4.78, 5) is 14.0. The summed E-state index contributed by atoms with van der Waals surface area (Å²) < 4.78 is 12.0. The molecule has 29 heavy (non-hydrogen) atoms. The fraction of sp³-hybridized carbons (Fsp3) is 0.545. The Kier molecular flexibility index (Phi) is 11.1. The van der Waals surface area contributed by atoms with Crippen molar-refractivity contribution in [2.75, 3.05) is 48.5 Å². The Bertz CT molecular complexity index is 824. The zero-order valence-electron chi connectivity index (χ0n) is 17.5. The summed E-state index contributed by atoms with van der Waals surface area (Å²) in [6.45, 7) is 9.27. The largest absolute Gasteiger partial charge is 0.445 e. The maximum Gasteiger partial charge on any atom is 0.192 e. The lowest BCUT2D eigenvalue weighted by molar-refractivity contribution is -0.113. The van der Waals surface area contributed by atoms with Gasteiger partial charge in [0.25, 0.3) is 0 Å². The van der Waals surface area contributed by atoms with Gasteiger partial charge in [-0.05, 0) is 37.7 Å². The first kappa shape index (κ1) is 24.3. The molecule has 7 heteroatoms. The Morgan fingerprint density at radius 3 is 2.76 bits per heavy atom. The third-order valence-electron chi connectivity index (χ3n) is 4.71. The molecule has 2 aromatic rings. The van der Waals surface area contributed by atoms with Crippen LogP contribution in [0, 0.1) is 10.6 Å². The summed E-state index contributed by atoms with van der Waals surface area (Å²) >= 11 is 8.59. The van der Waals surface area contributed by atoms with Gasteiger partial charge < -0.3 is 14.1 Å². The van der Waals surface area contributed by atoms with Crippen molar-refractivity contribution >= 4 is 57.5 Å². The fourth-order valence-corrected chi connectivity index (χ4v) is 4.91. The van der Waals surface area contributed by atoms with E-state index < -0.39 is 0 Å². The van der Waals surface area contributed by atoms with Crippen LogP contribution in [-0.2, 0) is 9.53 Å². The fourth-order valence-electron chi connectivity index (χ4n) is 2.81. The summed E-state index contributed by atoms with van der Waals surface area (Å²) in [5.41, 5.74) is 1.91. The lowest BCUT2D eigenvalue weighted by Gasteiger charge is -2.24. The minimum absolute atomic E-state index is 0.169. The van der Waals surface area contributed by atoms with Crippen molar-refractivity contribution < 1.29 is 13.9 Å². The van der Waals surface area contributed by atoms with E-state index in [1.54, 1.807) is 0 Å². The number of anilines is 1. The molecule has 0 spiro atoms. The number of fused-ring (bicyclic) bond motifs is 1. The van der Waals surface area contributed by atoms with Crippen LogP contribution in [-0.4, -0.2) is 48.7 Å². The number of benzene rings is 1. The van der Waals surface area contributed by atoms with E-state index in [1.807, 2.05) is 43.0 Å². The highest BCUT2D eigenvalue weighted by Crippen LogP contribution is 2.27. The second kappa shape index (κ2) is 13.3. The van der Waals surface area contributed by atoms with Gasteiger partial charge in [-0.1, -0.05) is 37.7 Å². The van der Waals surface area contributed by atoms with Gasteiger partial charge in [0.1, 0.15) is 5.58 Å². The highest BCUT2D eigenvalue weighted by molar-refractivity contribution is 8.14. The van der Waals surface area contributed by atoms with Crippen molar-refractivity contribution in [1.29, 1.82) is 0 Å². The van der Waals surface area contributed by atoms with E-state index in [-0.39, 0.29) is 5.92 Å². The Morgan fingerprint density at radius 1 is 1.21 bits per heavy atom. The lowest BCUT2D eigenvalue weighted by atomic mass is 10.1. The highest BCUT2D eigenvalue weighted by Gasteiger charge is 2.11. The summed E-state index contributed by atoms with van der Waals surface area (Å²) in [6.07, 6.45) is 0.920. The molecule has 1 unspecified atom stereocenters. The molecule has 0 fully saturated rings. The van der Waals surface area contributed by atoms with Crippen LogP contribution in [0.25, 0.3) is 11.0 Å². The molecule has 1 heterocycles. The number of rotatable bonds is 13. The number of likely N-dealkylation sites (N-methyl/N-ethyl adjacent to an activating group) is 1. The van der Waals surface area contributed by atoms with Gasteiger partial charge in [0.05, 0.1) is 18.9 Å². The molecule has 0 aliphatic rings. The maximum absolute atomic E-state index is 11.8. The Labute approximate surface area is 187 Å². The van der Waals surface area contributed by atoms with E-state index in [0.717, 1.165) is 60.0 Å². The van der Waals surface area contributed by atoms with Crippen LogP contribution >= 0.6 is 35.7 Å². The molecule has 0 saturated heterocycles. The van der Waals surface area contributed by atoms with E-state index in [0.29, 0.717) is 16.4 Å². The molecule has 4 nitrogen and oxygen atoms in total. The summed E-state index contributed by atoms with van der Waals surface area (Å²) in [5, 5.41) is 1.38. The van der Waals surface area contributed by atoms with Crippen molar-refractivity contribution in [3.8, 4) is 0 Å². The quantitative estimate of drug-likeness (QED) is 0.270. The van der Waals surface area contributed by atoms with Crippen molar-refractivity contribution in [3.63, 3.8) is 0 Å². The second-order valence-corrected chi connectivity index (χ2v) is 9.45. The standard InChI is InChI=1S/C22H31NO3S3/c1-4-17(3)22(24)29-15-14-28-13-12-25-11-10-23(5-2)19-16-21(27)26-20-9-7-6-8-18(19)20/h6-9,16-17H,4-5,10-15H2,1-3H3. The number of hydrogen-bond acceptors (Lipinski definition) is 7. The molecule has 0 aliphatic heterocycles. The molecule has 2 rings (SSSR count). The topological polar surface area (TPSA) is 42.7 Å². The van der Waals surface area contributed by atoms with E-state index in [1.165, 1.54) is 11.8 Å². The number of thioether (sulfide) groups is 2. The minimum atomic E-state index is 0.169. The molecule has 0 N–H and O–H groups in total. The Morgan fingerprint density at radius 2 is 2.00 bits per heavy atom. The van der Waals surface area contributed by atoms with Crippen molar-refractivity contribution in [3.05, 3.63) is 35.0 Å². The number of carbonyl (C=O) groups is 1. The first-order chi connectivity index (χ1) is 14.1. The molecule has 0 radical (unpaired) electrons. The van der Waals surface area contributed by atoms with Crippen LogP contribution in [0.2, 0.25) is 0 Å². The minimum Gasteiger partial charge on any atom is -0.445 e. The van der Waals surface area contributed by atoms with Crippen LogP contribution in [0.4, 0.5) is 5.69 Å². The maximum atomic E-state index is 11.8. The molecule has 0 amide bonds. The van der Waals surface area contributed by atoms with Gasteiger partial charge >= 0.3 is 0 Å². The molecule has 1 aromatic heterocycles. The molecule has 0 saturated carbocycles. The van der Waals surface area contributed by atoms with Gasteiger partial charge in [-0.3, -0.25) is 4.79 Å². The summed E-state index contributed by atoms with van der Waals surface area (Å²) in [7, 11) is 0. The van der Waals surface area contributed by atoms with E-state index in [2.05, 4.69) is 24.8 Å². The van der Waals surface area contributed by atoms with Crippen LogP contribution in [0.3, 0.4) is 0 Å². The number of para-hydroxylation sites is 1. The van der Waals surface area contributed by atoms with Crippen molar-refractivity contribution in [1.82, 2.24) is 0 Å². The lowest BCUT2D eigenvalue weighted by Crippen LogP contribution is -2.27. The Balaban J connectivity index is 1.68. The first-order valence-corrected chi connectivity index (χ1v) is 12.7. The van der Waals surface area contributed by atoms with Gasteiger partial charge in [0.2, 0.25) is 0 Å². The average molecular weight is 454 g/mol. The predicted octanol–water partition coefficient (Wildman–Crippen LogP) is 6.04. The monoisotopic (exact) mass is 453 g/mol. The normalized spacial score (nSPS) is 12.2. The molecule has 160 valence electrons. The SMILES string of the molecule is CCC(C)C(=O)SCCSCCOCCN(CC)c1cc(=S)oc2ccccc12. The van der Waals surface area contributed by atoms with E-state index in [4.69, 9.17) is 21.4 Å². The molecule has 1 aromatic carbocycles. The molecular weight excluding hydrogens is 422 g/mol. The molecule has 1 atom stereocenters. The average Bonchev–Trinajstić information content (AvgIpc) is 2.73. The van der Waals surface area contributed by atoms with Crippen molar-refractivity contribution in [2.24, 2.45) is 5.92 Å². The van der Waals surface area contributed by atoms with Crippen LogP contribution in [0.1, 0.15) is 27.2 Å². The highest BCUT2D eigenvalue weighted by atomic mass is 32.2. The number of hydrogen-bond donors (Lipinski definition) is 0. The van der Waals surface area contributed by atoms with Gasteiger partial charge in [-0.2, -0.15) is 11.8 Å². The van der Waals surface area contributed by atoms with E-state index in [9.17, 15) is 4.79 Å². The third kappa shape index (κ3) is 7.96. The van der Waals surface area contributed by atoms with Crippen LogP contribution in [0.5, 0.6) is 0 Å². The first-order valence-electron chi connectivity index (χ1n) is 10.2. The second-order valence-electron chi connectivity index (χ2n) is 6.73. The summed E-state index contributed by atoms with van der Waals surface area (Å²) in [6, 6.07) is 9.91. The van der Waals surface area contributed by atoms with Crippen LogP contribution in [0.15, 0.2) is 34.7 Å². The Hall–Kier alpha value is -1.02. The van der Waals surface area contributed by atoms with Gasteiger partial charge in [0, 0.05) is 47.7 Å². The van der Waals surface area contributed by atoms with Crippen LogP contribution < -0.4 is 4.90 Å². The van der Waals surface area contributed by atoms with Gasteiger partial charge in [0.15, 0.2) is 9.82 Å². The molecular formula is C22H31NO3S3. The van der Waals surface area contributed by atoms with Crippen molar-refractivity contribution in [2.45, 2.75) is 27.2 Å². The molecule has 0 aliphatic carbocycles.